The van der Waals surface area contributed by atoms with E-state index in [2.05, 4.69) is 18.7 Å². The maximum Gasteiger partial charge on any atom is 0.0593 e. The molecule has 1 heterocycles. The second kappa shape index (κ2) is 5.89. The fourth-order valence-electron chi connectivity index (χ4n) is 3.59. The summed E-state index contributed by atoms with van der Waals surface area (Å²) in [5.74, 6) is 0. The van der Waals surface area contributed by atoms with E-state index < -0.39 is 0 Å². The molecule has 0 aromatic carbocycles. The van der Waals surface area contributed by atoms with Gasteiger partial charge in [-0.25, -0.2) is 0 Å². The Labute approximate surface area is 112 Å². The van der Waals surface area contributed by atoms with Crippen molar-refractivity contribution in [2.24, 2.45) is 11.1 Å². The topological polar surface area (TPSA) is 38.5 Å². The lowest BCUT2D eigenvalue weighted by Gasteiger charge is -2.43. The van der Waals surface area contributed by atoms with E-state index in [1.54, 1.807) is 0 Å². The first kappa shape index (κ1) is 14.3. The maximum atomic E-state index is 6.20. The SMILES string of the molecule is CC1(C)CCCC(CN)(N2CCCOCC2)CC1. The van der Waals surface area contributed by atoms with Crippen LogP contribution in [0.3, 0.4) is 0 Å². The minimum Gasteiger partial charge on any atom is -0.380 e. The van der Waals surface area contributed by atoms with Crippen LogP contribution in [0.5, 0.6) is 0 Å². The summed E-state index contributed by atoms with van der Waals surface area (Å²) < 4.78 is 5.59. The molecule has 1 saturated carbocycles. The fraction of sp³-hybridized carbons (Fsp3) is 1.00. The van der Waals surface area contributed by atoms with E-state index in [4.69, 9.17) is 10.5 Å². The van der Waals surface area contributed by atoms with Gasteiger partial charge in [0.25, 0.3) is 0 Å². The summed E-state index contributed by atoms with van der Waals surface area (Å²) >= 11 is 0. The van der Waals surface area contributed by atoms with Crippen LogP contribution in [0.2, 0.25) is 0 Å². The van der Waals surface area contributed by atoms with Gasteiger partial charge < -0.3 is 10.5 Å². The van der Waals surface area contributed by atoms with Gasteiger partial charge in [0.1, 0.15) is 0 Å². The van der Waals surface area contributed by atoms with Crippen LogP contribution >= 0.6 is 0 Å². The average Bonchev–Trinajstić information content (AvgIpc) is 2.69. The van der Waals surface area contributed by atoms with Gasteiger partial charge in [-0.2, -0.15) is 0 Å². The molecule has 106 valence electrons. The monoisotopic (exact) mass is 254 g/mol. The first-order chi connectivity index (χ1) is 8.58. The highest BCUT2D eigenvalue weighted by atomic mass is 16.5. The normalized spacial score (nSPS) is 34.8. The third-order valence-electron chi connectivity index (χ3n) is 5.04. The Kier molecular flexibility index (Phi) is 4.68. The zero-order valence-corrected chi connectivity index (χ0v) is 12.2. The van der Waals surface area contributed by atoms with Crippen LogP contribution < -0.4 is 5.73 Å². The average molecular weight is 254 g/mol. The van der Waals surface area contributed by atoms with Crippen LogP contribution in [-0.2, 0) is 4.74 Å². The van der Waals surface area contributed by atoms with Gasteiger partial charge in [-0.15, -0.1) is 0 Å². The summed E-state index contributed by atoms with van der Waals surface area (Å²) in [6, 6.07) is 0. The Morgan fingerprint density at radius 3 is 2.61 bits per heavy atom. The third-order valence-corrected chi connectivity index (χ3v) is 5.04. The van der Waals surface area contributed by atoms with Crippen LogP contribution in [0.25, 0.3) is 0 Å². The Balaban J connectivity index is 2.08. The van der Waals surface area contributed by atoms with Crippen molar-refractivity contribution in [2.45, 2.75) is 57.9 Å². The molecule has 0 aromatic heterocycles. The van der Waals surface area contributed by atoms with Gasteiger partial charge in [0, 0.05) is 31.8 Å². The molecule has 0 radical (unpaired) electrons. The van der Waals surface area contributed by atoms with Crippen LogP contribution in [0.4, 0.5) is 0 Å². The van der Waals surface area contributed by atoms with Gasteiger partial charge in [0.15, 0.2) is 0 Å². The van der Waals surface area contributed by atoms with Crippen molar-refractivity contribution in [3.8, 4) is 0 Å². The number of rotatable bonds is 2. The van der Waals surface area contributed by atoms with Crippen molar-refractivity contribution >= 4 is 0 Å². The Morgan fingerprint density at radius 2 is 1.83 bits per heavy atom. The third kappa shape index (κ3) is 3.25. The number of nitrogens with two attached hydrogens (primary N) is 1. The van der Waals surface area contributed by atoms with Crippen molar-refractivity contribution in [1.82, 2.24) is 4.90 Å². The molecule has 1 aliphatic carbocycles. The van der Waals surface area contributed by atoms with Gasteiger partial charge in [0.05, 0.1) is 6.61 Å². The van der Waals surface area contributed by atoms with Crippen molar-refractivity contribution in [3.63, 3.8) is 0 Å². The molecular weight excluding hydrogens is 224 g/mol. The van der Waals surface area contributed by atoms with Crippen LogP contribution in [-0.4, -0.2) is 43.3 Å². The van der Waals surface area contributed by atoms with E-state index in [1.165, 1.54) is 32.1 Å². The number of hydrogen-bond acceptors (Lipinski definition) is 3. The maximum absolute atomic E-state index is 6.20. The highest BCUT2D eigenvalue weighted by molar-refractivity contribution is 4.96. The smallest absolute Gasteiger partial charge is 0.0593 e. The van der Waals surface area contributed by atoms with E-state index in [1.807, 2.05) is 0 Å². The van der Waals surface area contributed by atoms with Gasteiger partial charge in [0.2, 0.25) is 0 Å². The molecule has 0 amide bonds. The van der Waals surface area contributed by atoms with E-state index >= 15 is 0 Å². The Bertz CT molecular complexity index is 259. The number of ether oxygens (including phenoxy) is 1. The highest BCUT2D eigenvalue weighted by Crippen LogP contribution is 2.40. The zero-order valence-electron chi connectivity index (χ0n) is 12.2. The second-order valence-electron chi connectivity index (χ2n) is 6.90. The van der Waals surface area contributed by atoms with Crippen molar-refractivity contribution < 1.29 is 4.74 Å². The lowest BCUT2D eigenvalue weighted by atomic mass is 9.83. The Hall–Kier alpha value is -0.120. The van der Waals surface area contributed by atoms with Crippen molar-refractivity contribution in [3.05, 3.63) is 0 Å². The fourth-order valence-corrected chi connectivity index (χ4v) is 3.59. The molecule has 0 aromatic rings. The summed E-state index contributed by atoms with van der Waals surface area (Å²) in [6.07, 6.45) is 7.66. The van der Waals surface area contributed by atoms with Gasteiger partial charge in [-0.1, -0.05) is 20.3 Å². The molecule has 2 fully saturated rings. The van der Waals surface area contributed by atoms with Gasteiger partial charge >= 0.3 is 0 Å². The second-order valence-corrected chi connectivity index (χ2v) is 6.90. The molecule has 2 N–H and O–H groups in total. The molecule has 0 spiro atoms. The predicted molar refractivity (Wildman–Crippen MR) is 75.7 cm³/mol. The lowest BCUT2D eigenvalue weighted by molar-refractivity contribution is 0.0674. The zero-order chi connectivity index (χ0) is 13.1. The highest BCUT2D eigenvalue weighted by Gasteiger charge is 2.39. The molecule has 1 saturated heterocycles. The summed E-state index contributed by atoms with van der Waals surface area (Å²) in [7, 11) is 0. The Morgan fingerprint density at radius 1 is 1.00 bits per heavy atom. The van der Waals surface area contributed by atoms with Crippen LogP contribution in [0.15, 0.2) is 0 Å². The van der Waals surface area contributed by atoms with E-state index in [0.717, 1.165) is 39.3 Å². The molecule has 1 unspecified atom stereocenters. The van der Waals surface area contributed by atoms with Crippen LogP contribution in [0.1, 0.15) is 52.4 Å². The molecule has 3 nitrogen and oxygen atoms in total. The molecule has 2 rings (SSSR count). The molecule has 1 atom stereocenters. The molecule has 2 aliphatic rings. The summed E-state index contributed by atoms with van der Waals surface area (Å²) in [5, 5.41) is 0. The van der Waals surface area contributed by atoms with Gasteiger partial charge in [-0.05, 0) is 37.5 Å². The van der Waals surface area contributed by atoms with Gasteiger partial charge in [-0.3, -0.25) is 4.90 Å². The van der Waals surface area contributed by atoms with E-state index in [0.29, 0.717) is 5.41 Å². The van der Waals surface area contributed by atoms with E-state index in [9.17, 15) is 0 Å². The van der Waals surface area contributed by atoms with Crippen molar-refractivity contribution in [2.75, 3.05) is 32.8 Å². The summed E-state index contributed by atoms with van der Waals surface area (Å²) in [6.45, 7) is 9.66. The summed E-state index contributed by atoms with van der Waals surface area (Å²) in [4.78, 5) is 2.64. The molecular formula is C15H30N2O. The largest absolute Gasteiger partial charge is 0.380 e. The summed E-state index contributed by atoms with van der Waals surface area (Å²) in [5.41, 5.74) is 6.95. The standard InChI is InChI=1S/C15H30N2O/c1-14(2)5-3-6-15(13-16,8-7-14)17-9-4-11-18-12-10-17/h3-13,16H2,1-2H3. The molecule has 3 heteroatoms. The van der Waals surface area contributed by atoms with Crippen molar-refractivity contribution in [1.29, 1.82) is 0 Å². The minimum atomic E-state index is 0.251. The molecule has 18 heavy (non-hydrogen) atoms. The van der Waals surface area contributed by atoms with Crippen LogP contribution in [0, 0.1) is 5.41 Å². The van der Waals surface area contributed by atoms with E-state index in [-0.39, 0.29) is 5.54 Å². The minimum absolute atomic E-state index is 0.251. The number of nitrogens with zero attached hydrogens (tertiary/aromatic N) is 1. The predicted octanol–water partition coefficient (Wildman–Crippen LogP) is 2.40. The first-order valence-electron chi connectivity index (χ1n) is 7.61. The quantitative estimate of drug-likeness (QED) is 0.769. The molecule has 1 aliphatic heterocycles. The number of hydrogen-bond donors (Lipinski definition) is 1. The molecule has 0 bridgehead atoms. The first-order valence-corrected chi connectivity index (χ1v) is 7.61. The lowest BCUT2D eigenvalue weighted by Crippen LogP contribution is -2.54.